The van der Waals surface area contributed by atoms with Gasteiger partial charge >= 0.3 is 5.97 Å². The molecular formula is C15H19ClFNO3. The fourth-order valence-corrected chi connectivity index (χ4v) is 2.05. The molecule has 0 unspecified atom stereocenters. The maximum atomic E-state index is 13.0. The molecule has 0 aliphatic carbocycles. The summed E-state index contributed by atoms with van der Waals surface area (Å²) in [6, 6.07) is 3.86. The molecule has 0 aliphatic heterocycles. The minimum Gasteiger partial charge on any atom is -0.481 e. The normalized spacial score (nSPS) is 10.4. The molecule has 0 saturated heterocycles. The molecule has 0 bridgehead atoms. The maximum absolute atomic E-state index is 13.0. The minimum atomic E-state index is -0.764. The van der Waals surface area contributed by atoms with Crippen LogP contribution in [0.5, 0.6) is 0 Å². The first-order valence-corrected chi connectivity index (χ1v) is 7.33. The zero-order valence-corrected chi connectivity index (χ0v) is 12.5. The Morgan fingerprint density at radius 3 is 2.48 bits per heavy atom. The second-order valence-electron chi connectivity index (χ2n) is 4.80. The highest BCUT2D eigenvalue weighted by Gasteiger charge is 2.07. The maximum Gasteiger partial charge on any atom is 0.303 e. The summed E-state index contributed by atoms with van der Waals surface area (Å²) >= 11 is 5.62. The summed E-state index contributed by atoms with van der Waals surface area (Å²) < 4.78 is 13.0. The van der Waals surface area contributed by atoms with Gasteiger partial charge in [-0.15, -0.1) is 0 Å². The number of benzene rings is 1. The Bertz CT molecular complexity index is 494. The number of rotatable bonds is 9. The molecule has 116 valence electrons. The second kappa shape index (κ2) is 9.34. The summed E-state index contributed by atoms with van der Waals surface area (Å²) in [5.41, 5.74) is 0.336. The van der Waals surface area contributed by atoms with Crippen LogP contribution < -0.4 is 5.32 Å². The number of hydrogen-bond acceptors (Lipinski definition) is 2. The smallest absolute Gasteiger partial charge is 0.303 e. The van der Waals surface area contributed by atoms with Crippen LogP contribution in [-0.2, 0) is 4.79 Å². The third kappa shape index (κ3) is 7.09. The summed E-state index contributed by atoms with van der Waals surface area (Å²) in [5.74, 6) is -1.59. The molecule has 0 heterocycles. The summed E-state index contributed by atoms with van der Waals surface area (Å²) in [6.07, 6.45) is 4.50. The van der Waals surface area contributed by atoms with Gasteiger partial charge in [0.25, 0.3) is 5.91 Å². The number of amides is 1. The van der Waals surface area contributed by atoms with E-state index in [1.165, 1.54) is 18.2 Å². The van der Waals surface area contributed by atoms with E-state index < -0.39 is 11.8 Å². The van der Waals surface area contributed by atoms with Crippen LogP contribution in [0.1, 0.15) is 48.9 Å². The number of carboxylic acid groups (broad SMARTS) is 1. The Hall–Kier alpha value is -1.62. The average Bonchev–Trinajstić information content (AvgIpc) is 2.44. The Kier molecular flexibility index (Phi) is 7.75. The molecule has 0 saturated carbocycles. The van der Waals surface area contributed by atoms with Crippen molar-refractivity contribution in [3.05, 3.63) is 34.6 Å². The first kappa shape index (κ1) is 17.4. The van der Waals surface area contributed by atoms with Crippen molar-refractivity contribution < 1.29 is 19.1 Å². The molecule has 0 radical (unpaired) electrons. The van der Waals surface area contributed by atoms with E-state index in [9.17, 15) is 14.0 Å². The molecule has 1 rings (SSSR count). The fraction of sp³-hybridized carbons (Fsp3) is 0.467. The molecule has 2 N–H and O–H groups in total. The second-order valence-corrected chi connectivity index (χ2v) is 5.20. The number of halogens is 2. The Morgan fingerprint density at radius 1 is 1.14 bits per heavy atom. The highest BCUT2D eigenvalue weighted by Crippen LogP contribution is 2.15. The van der Waals surface area contributed by atoms with Crippen LogP contribution in [0.4, 0.5) is 4.39 Å². The lowest BCUT2D eigenvalue weighted by Crippen LogP contribution is -2.24. The molecule has 0 aromatic heterocycles. The van der Waals surface area contributed by atoms with Gasteiger partial charge in [0.2, 0.25) is 0 Å². The van der Waals surface area contributed by atoms with Crippen molar-refractivity contribution in [2.24, 2.45) is 0 Å². The van der Waals surface area contributed by atoms with Crippen molar-refractivity contribution in [3.8, 4) is 0 Å². The standard InChI is InChI=1S/C15H19ClFNO3/c16-12-10-11(7-8-13(12)17)15(21)18-9-5-3-1-2-4-6-14(19)20/h7-8,10H,1-6,9H2,(H,18,21)(H,19,20). The van der Waals surface area contributed by atoms with Gasteiger partial charge < -0.3 is 10.4 Å². The van der Waals surface area contributed by atoms with Gasteiger partial charge in [0, 0.05) is 18.5 Å². The molecule has 0 atom stereocenters. The van der Waals surface area contributed by atoms with Crippen LogP contribution in [0.15, 0.2) is 18.2 Å². The summed E-state index contributed by atoms with van der Waals surface area (Å²) in [7, 11) is 0. The van der Waals surface area contributed by atoms with Crippen molar-refractivity contribution in [2.75, 3.05) is 6.54 Å². The van der Waals surface area contributed by atoms with Gasteiger partial charge in [-0.25, -0.2) is 4.39 Å². The largest absolute Gasteiger partial charge is 0.481 e. The monoisotopic (exact) mass is 315 g/mol. The number of nitrogens with one attached hydrogen (secondary N) is 1. The average molecular weight is 316 g/mol. The van der Waals surface area contributed by atoms with Crippen molar-refractivity contribution in [1.82, 2.24) is 5.32 Å². The van der Waals surface area contributed by atoms with Gasteiger partial charge in [-0.3, -0.25) is 9.59 Å². The van der Waals surface area contributed by atoms with Gasteiger partial charge in [0.15, 0.2) is 0 Å². The van der Waals surface area contributed by atoms with Crippen molar-refractivity contribution >= 4 is 23.5 Å². The lowest BCUT2D eigenvalue weighted by Gasteiger charge is -2.06. The Balaban J connectivity index is 2.13. The predicted octanol–water partition coefficient (Wildman–Crippen LogP) is 3.63. The quantitative estimate of drug-likeness (QED) is 0.684. The first-order chi connectivity index (χ1) is 10.0. The highest BCUT2D eigenvalue weighted by molar-refractivity contribution is 6.31. The van der Waals surface area contributed by atoms with Gasteiger partial charge in [0.05, 0.1) is 5.02 Å². The van der Waals surface area contributed by atoms with Crippen LogP contribution in [0, 0.1) is 5.82 Å². The van der Waals surface area contributed by atoms with E-state index >= 15 is 0 Å². The van der Waals surface area contributed by atoms with E-state index in [0.29, 0.717) is 18.5 Å². The van der Waals surface area contributed by atoms with Crippen LogP contribution in [0.3, 0.4) is 0 Å². The third-order valence-electron chi connectivity index (χ3n) is 3.03. The van der Waals surface area contributed by atoms with Crippen LogP contribution in [0.2, 0.25) is 5.02 Å². The molecule has 21 heavy (non-hydrogen) atoms. The number of hydrogen-bond donors (Lipinski definition) is 2. The molecule has 6 heteroatoms. The van der Waals surface area contributed by atoms with E-state index in [0.717, 1.165) is 25.7 Å². The molecule has 1 amide bonds. The molecular weight excluding hydrogens is 297 g/mol. The van der Waals surface area contributed by atoms with E-state index in [-0.39, 0.29) is 17.4 Å². The van der Waals surface area contributed by atoms with Crippen molar-refractivity contribution in [3.63, 3.8) is 0 Å². The molecule has 1 aromatic rings. The zero-order chi connectivity index (χ0) is 15.7. The van der Waals surface area contributed by atoms with Gasteiger partial charge in [0.1, 0.15) is 5.82 Å². The molecule has 0 aliphatic rings. The van der Waals surface area contributed by atoms with E-state index in [4.69, 9.17) is 16.7 Å². The van der Waals surface area contributed by atoms with Crippen LogP contribution in [0.25, 0.3) is 0 Å². The number of unbranched alkanes of at least 4 members (excludes halogenated alkanes) is 4. The van der Waals surface area contributed by atoms with E-state index in [1.54, 1.807) is 0 Å². The van der Waals surface area contributed by atoms with Crippen molar-refractivity contribution in [2.45, 2.75) is 38.5 Å². The minimum absolute atomic E-state index is 0.0684. The molecule has 0 fully saturated rings. The molecule has 4 nitrogen and oxygen atoms in total. The van der Waals surface area contributed by atoms with E-state index in [1.807, 2.05) is 0 Å². The van der Waals surface area contributed by atoms with Gasteiger partial charge in [-0.2, -0.15) is 0 Å². The summed E-state index contributed by atoms with van der Waals surface area (Å²) in [4.78, 5) is 22.1. The number of carboxylic acids is 1. The summed E-state index contributed by atoms with van der Waals surface area (Å²) in [5, 5.41) is 11.2. The topological polar surface area (TPSA) is 66.4 Å². The number of carbonyl (C=O) groups excluding carboxylic acids is 1. The third-order valence-corrected chi connectivity index (χ3v) is 3.32. The SMILES string of the molecule is O=C(O)CCCCCCCNC(=O)c1ccc(F)c(Cl)c1. The lowest BCUT2D eigenvalue weighted by molar-refractivity contribution is -0.137. The van der Waals surface area contributed by atoms with Crippen LogP contribution >= 0.6 is 11.6 Å². The highest BCUT2D eigenvalue weighted by atomic mass is 35.5. The Labute approximate surface area is 128 Å². The molecule has 0 spiro atoms. The number of aliphatic carboxylic acids is 1. The van der Waals surface area contributed by atoms with Crippen LogP contribution in [-0.4, -0.2) is 23.5 Å². The molecule has 1 aromatic carbocycles. The van der Waals surface area contributed by atoms with Gasteiger partial charge in [-0.1, -0.05) is 30.9 Å². The van der Waals surface area contributed by atoms with Crippen molar-refractivity contribution in [1.29, 1.82) is 0 Å². The summed E-state index contributed by atoms with van der Waals surface area (Å²) in [6.45, 7) is 0.534. The fourth-order valence-electron chi connectivity index (χ4n) is 1.87. The predicted molar refractivity (Wildman–Crippen MR) is 79.1 cm³/mol. The van der Waals surface area contributed by atoms with Gasteiger partial charge in [-0.05, 0) is 31.0 Å². The zero-order valence-electron chi connectivity index (χ0n) is 11.7. The number of carbonyl (C=O) groups is 2. The lowest BCUT2D eigenvalue weighted by atomic mass is 10.1. The van der Waals surface area contributed by atoms with E-state index in [2.05, 4.69) is 5.32 Å². The Morgan fingerprint density at radius 2 is 1.81 bits per heavy atom. The first-order valence-electron chi connectivity index (χ1n) is 6.95.